The molecule has 7 heteroatoms. The van der Waals surface area contributed by atoms with E-state index in [9.17, 15) is 4.79 Å². The minimum Gasteiger partial charge on any atom is -0.476 e. The molecule has 0 aliphatic heterocycles. The Morgan fingerprint density at radius 1 is 1.17 bits per heavy atom. The predicted octanol–water partition coefficient (Wildman–Crippen LogP) is 0.909. The first-order valence-corrected chi connectivity index (χ1v) is 5.12. The first-order valence-electron chi connectivity index (χ1n) is 5.12. The van der Waals surface area contributed by atoms with Crippen LogP contribution in [0.2, 0.25) is 0 Å². The van der Waals surface area contributed by atoms with Crippen LogP contribution < -0.4 is 0 Å². The number of nitrogens with zero attached hydrogens (tertiary/aromatic N) is 5. The molecule has 0 radical (unpaired) electrons. The van der Waals surface area contributed by atoms with Gasteiger partial charge >= 0.3 is 5.97 Å². The predicted molar refractivity (Wildman–Crippen MR) is 61.4 cm³/mol. The molecule has 0 aliphatic carbocycles. The van der Waals surface area contributed by atoms with E-state index >= 15 is 0 Å². The van der Waals surface area contributed by atoms with Crippen LogP contribution in [0.15, 0.2) is 36.7 Å². The number of para-hydroxylation sites is 1. The summed E-state index contributed by atoms with van der Waals surface area (Å²) in [4.78, 5) is 18.5. The van der Waals surface area contributed by atoms with E-state index < -0.39 is 5.97 Å². The van der Waals surface area contributed by atoms with Crippen molar-refractivity contribution in [1.82, 2.24) is 25.0 Å². The third kappa shape index (κ3) is 1.58. The maximum Gasteiger partial charge on any atom is 0.356 e. The van der Waals surface area contributed by atoms with Gasteiger partial charge in [-0.1, -0.05) is 17.3 Å². The third-order valence-corrected chi connectivity index (χ3v) is 2.43. The molecule has 0 amide bonds. The quantitative estimate of drug-likeness (QED) is 0.716. The number of carboxylic acid groups (broad SMARTS) is 1. The fraction of sp³-hybridized carbons (Fsp3) is 0. The topological polar surface area (TPSA) is 93.8 Å². The third-order valence-electron chi connectivity index (χ3n) is 2.43. The minimum atomic E-state index is -1.11. The SMILES string of the molecule is O=C(O)c1cnc(-n2nnc3ccccc32)cn1. The summed E-state index contributed by atoms with van der Waals surface area (Å²) in [6, 6.07) is 7.40. The summed E-state index contributed by atoms with van der Waals surface area (Å²) in [6.07, 6.45) is 2.54. The lowest BCUT2D eigenvalue weighted by atomic mass is 10.3. The van der Waals surface area contributed by atoms with Gasteiger partial charge in [-0.3, -0.25) is 0 Å². The standard InChI is InChI=1S/C11H7N5O2/c17-11(18)8-5-13-10(6-12-8)16-9-4-2-1-3-7(9)14-15-16/h1-6H,(H,17,18). The molecule has 88 valence electrons. The summed E-state index contributed by atoms with van der Waals surface area (Å²) >= 11 is 0. The molecule has 7 nitrogen and oxygen atoms in total. The Kier molecular flexibility index (Phi) is 2.23. The van der Waals surface area contributed by atoms with Crippen LogP contribution in [-0.2, 0) is 0 Å². The molecule has 1 N–H and O–H groups in total. The second-order valence-electron chi connectivity index (χ2n) is 3.55. The van der Waals surface area contributed by atoms with Crippen LogP contribution in [0.1, 0.15) is 10.5 Å². The summed E-state index contributed by atoms with van der Waals surface area (Å²) in [5.74, 6) is -0.689. The average molecular weight is 241 g/mol. The summed E-state index contributed by atoms with van der Waals surface area (Å²) in [6.45, 7) is 0. The zero-order valence-corrected chi connectivity index (χ0v) is 9.06. The molecule has 1 aromatic carbocycles. The maximum absolute atomic E-state index is 10.7. The van der Waals surface area contributed by atoms with Gasteiger partial charge in [-0.05, 0) is 12.1 Å². The van der Waals surface area contributed by atoms with Crippen LogP contribution in [0.3, 0.4) is 0 Å². The Morgan fingerprint density at radius 3 is 2.72 bits per heavy atom. The molecular weight excluding hydrogens is 234 g/mol. The monoisotopic (exact) mass is 241 g/mol. The van der Waals surface area contributed by atoms with E-state index in [2.05, 4.69) is 20.3 Å². The Bertz CT molecular complexity index is 720. The van der Waals surface area contributed by atoms with E-state index in [1.54, 1.807) is 0 Å². The Balaban J connectivity index is 2.12. The zero-order chi connectivity index (χ0) is 12.5. The summed E-state index contributed by atoms with van der Waals surface area (Å²) in [5.41, 5.74) is 1.42. The summed E-state index contributed by atoms with van der Waals surface area (Å²) in [5, 5.41) is 16.7. The van der Waals surface area contributed by atoms with Crippen molar-refractivity contribution >= 4 is 17.0 Å². The lowest BCUT2D eigenvalue weighted by Gasteiger charge is -2.00. The van der Waals surface area contributed by atoms with Gasteiger partial charge in [0.15, 0.2) is 11.5 Å². The molecule has 0 saturated heterocycles. The number of aromatic nitrogens is 5. The van der Waals surface area contributed by atoms with Crippen molar-refractivity contribution in [2.75, 3.05) is 0 Å². The van der Waals surface area contributed by atoms with Gasteiger partial charge in [0, 0.05) is 0 Å². The van der Waals surface area contributed by atoms with Gasteiger partial charge in [0.2, 0.25) is 0 Å². The van der Waals surface area contributed by atoms with Gasteiger partial charge in [0.05, 0.1) is 17.9 Å². The van der Waals surface area contributed by atoms with Crippen molar-refractivity contribution in [3.8, 4) is 5.82 Å². The van der Waals surface area contributed by atoms with Crippen molar-refractivity contribution in [2.24, 2.45) is 0 Å². The second kappa shape index (κ2) is 3.88. The number of hydrogen-bond donors (Lipinski definition) is 1. The fourth-order valence-corrected chi connectivity index (χ4v) is 1.58. The number of carbonyl (C=O) groups is 1. The first-order chi connectivity index (χ1) is 8.75. The van der Waals surface area contributed by atoms with Gasteiger partial charge in [0.25, 0.3) is 0 Å². The largest absolute Gasteiger partial charge is 0.476 e. The van der Waals surface area contributed by atoms with E-state index in [1.807, 2.05) is 24.3 Å². The molecule has 3 aromatic rings. The minimum absolute atomic E-state index is 0.108. The lowest BCUT2D eigenvalue weighted by Crippen LogP contribution is -2.05. The van der Waals surface area contributed by atoms with E-state index in [-0.39, 0.29) is 5.69 Å². The highest BCUT2D eigenvalue weighted by Crippen LogP contribution is 2.13. The Hall–Kier alpha value is -2.83. The molecule has 3 rings (SSSR count). The molecule has 0 spiro atoms. The molecule has 0 saturated carbocycles. The number of aromatic carboxylic acids is 1. The number of carboxylic acids is 1. The highest BCUT2D eigenvalue weighted by Gasteiger charge is 2.09. The van der Waals surface area contributed by atoms with E-state index in [0.29, 0.717) is 5.82 Å². The summed E-state index contributed by atoms with van der Waals surface area (Å²) < 4.78 is 1.51. The van der Waals surface area contributed by atoms with Crippen molar-refractivity contribution < 1.29 is 9.90 Å². The van der Waals surface area contributed by atoms with E-state index in [1.165, 1.54) is 17.1 Å². The molecule has 0 aliphatic rings. The van der Waals surface area contributed by atoms with Crippen LogP contribution in [0.4, 0.5) is 0 Å². The Labute approximate surface area is 101 Å². The number of benzene rings is 1. The molecule has 18 heavy (non-hydrogen) atoms. The molecule has 0 atom stereocenters. The van der Waals surface area contributed by atoms with Gasteiger partial charge in [-0.25, -0.2) is 14.8 Å². The molecule has 0 bridgehead atoms. The number of hydrogen-bond acceptors (Lipinski definition) is 5. The van der Waals surface area contributed by atoms with E-state index in [4.69, 9.17) is 5.11 Å². The normalized spacial score (nSPS) is 10.7. The van der Waals surface area contributed by atoms with Gasteiger partial charge < -0.3 is 5.11 Å². The highest BCUT2D eigenvalue weighted by atomic mass is 16.4. The number of fused-ring (bicyclic) bond motifs is 1. The van der Waals surface area contributed by atoms with Gasteiger partial charge in [-0.2, -0.15) is 4.68 Å². The van der Waals surface area contributed by atoms with Gasteiger partial charge in [-0.15, -0.1) is 5.10 Å². The van der Waals surface area contributed by atoms with Crippen molar-refractivity contribution in [3.63, 3.8) is 0 Å². The van der Waals surface area contributed by atoms with Crippen LogP contribution in [0.25, 0.3) is 16.9 Å². The van der Waals surface area contributed by atoms with E-state index in [0.717, 1.165) is 11.0 Å². The van der Waals surface area contributed by atoms with Crippen LogP contribution in [0.5, 0.6) is 0 Å². The second-order valence-corrected chi connectivity index (χ2v) is 3.55. The van der Waals surface area contributed by atoms with Crippen LogP contribution in [0, 0.1) is 0 Å². The lowest BCUT2D eigenvalue weighted by molar-refractivity contribution is 0.0690. The average Bonchev–Trinajstić information content (AvgIpc) is 2.82. The van der Waals surface area contributed by atoms with Crippen molar-refractivity contribution in [3.05, 3.63) is 42.4 Å². The van der Waals surface area contributed by atoms with Crippen molar-refractivity contribution in [2.45, 2.75) is 0 Å². The Morgan fingerprint density at radius 2 is 2.00 bits per heavy atom. The molecule has 2 aromatic heterocycles. The zero-order valence-electron chi connectivity index (χ0n) is 9.06. The molecular formula is C11H7N5O2. The molecule has 0 unspecified atom stereocenters. The first kappa shape index (κ1) is 10.3. The molecule has 2 heterocycles. The van der Waals surface area contributed by atoms with Gasteiger partial charge in [0.1, 0.15) is 5.52 Å². The smallest absolute Gasteiger partial charge is 0.356 e. The van der Waals surface area contributed by atoms with Crippen molar-refractivity contribution in [1.29, 1.82) is 0 Å². The maximum atomic E-state index is 10.7. The fourth-order valence-electron chi connectivity index (χ4n) is 1.58. The van der Waals surface area contributed by atoms with Crippen LogP contribution >= 0.6 is 0 Å². The summed E-state index contributed by atoms with van der Waals surface area (Å²) in [7, 11) is 0. The molecule has 0 fully saturated rings. The number of rotatable bonds is 2. The highest BCUT2D eigenvalue weighted by molar-refractivity contribution is 5.84. The van der Waals surface area contributed by atoms with Crippen LogP contribution in [-0.4, -0.2) is 36.0 Å².